The van der Waals surface area contributed by atoms with Gasteiger partial charge >= 0.3 is 0 Å². The second-order valence-electron chi connectivity index (χ2n) is 10.8. The van der Waals surface area contributed by atoms with E-state index in [0.717, 1.165) is 48.5 Å². The summed E-state index contributed by atoms with van der Waals surface area (Å²) in [5.74, 6) is 1.21. The summed E-state index contributed by atoms with van der Waals surface area (Å²) < 4.78 is 0. The Morgan fingerprint density at radius 1 is 1.14 bits per heavy atom. The van der Waals surface area contributed by atoms with Crippen LogP contribution >= 0.6 is 11.3 Å². The van der Waals surface area contributed by atoms with Crippen LogP contribution in [0.15, 0.2) is 12.3 Å². The van der Waals surface area contributed by atoms with Crippen molar-refractivity contribution in [2.75, 3.05) is 5.32 Å². The number of amides is 2. The van der Waals surface area contributed by atoms with E-state index in [9.17, 15) is 14.7 Å². The molecule has 0 unspecified atom stereocenters. The van der Waals surface area contributed by atoms with E-state index in [2.05, 4.69) is 27.5 Å². The lowest BCUT2D eigenvalue weighted by Crippen LogP contribution is -2.46. The van der Waals surface area contributed by atoms with Crippen LogP contribution in [-0.4, -0.2) is 62.1 Å². The number of aryl methyl sites for hydroxylation is 1. The van der Waals surface area contributed by atoms with Crippen LogP contribution in [0, 0.1) is 12.8 Å². The Labute approximate surface area is 209 Å². The molecule has 3 N–H and O–H groups in total. The van der Waals surface area contributed by atoms with Crippen LogP contribution in [-0.2, 0) is 0 Å². The van der Waals surface area contributed by atoms with E-state index in [1.54, 1.807) is 0 Å². The molecular formula is C26H33N5O3S. The Morgan fingerprint density at radius 3 is 2.43 bits per heavy atom. The summed E-state index contributed by atoms with van der Waals surface area (Å²) in [4.78, 5) is 38.7. The fourth-order valence-electron chi connectivity index (χ4n) is 5.88. The highest BCUT2D eigenvalue weighted by Gasteiger charge is 2.44. The molecular weight excluding hydrogens is 462 g/mol. The summed E-state index contributed by atoms with van der Waals surface area (Å²) in [6, 6.07) is 2.94. The molecule has 0 spiro atoms. The van der Waals surface area contributed by atoms with Gasteiger partial charge in [0.15, 0.2) is 5.01 Å². The minimum atomic E-state index is -0.349. The largest absolute Gasteiger partial charge is 0.393 e. The zero-order valence-corrected chi connectivity index (χ0v) is 21.1. The quantitative estimate of drug-likeness (QED) is 0.540. The first-order chi connectivity index (χ1) is 16.9. The smallest absolute Gasteiger partial charge is 0.280 e. The lowest BCUT2D eigenvalue weighted by atomic mass is 9.89. The van der Waals surface area contributed by atoms with Gasteiger partial charge in [-0.2, -0.15) is 0 Å². The van der Waals surface area contributed by atoms with Gasteiger partial charge in [-0.3, -0.25) is 9.59 Å². The molecule has 8 nitrogen and oxygen atoms in total. The first-order valence-corrected chi connectivity index (χ1v) is 13.7. The molecule has 2 amide bonds. The van der Waals surface area contributed by atoms with Crippen molar-refractivity contribution in [2.24, 2.45) is 5.92 Å². The highest BCUT2D eigenvalue weighted by Crippen LogP contribution is 2.41. The maximum Gasteiger partial charge on any atom is 0.280 e. The van der Waals surface area contributed by atoms with Gasteiger partial charge in [0.2, 0.25) is 0 Å². The first-order valence-electron chi connectivity index (χ1n) is 12.9. The molecule has 1 atom stereocenters. The van der Waals surface area contributed by atoms with Gasteiger partial charge in [-0.15, -0.1) is 11.3 Å². The van der Waals surface area contributed by atoms with Gasteiger partial charge in [0, 0.05) is 35.9 Å². The number of hydrogen-bond donors (Lipinski definition) is 3. The molecule has 0 aromatic carbocycles. The number of aromatic nitrogens is 2. The van der Waals surface area contributed by atoms with Gasteiger partial charge < -0.3 is 20.6 Å². The standard InChI is InChI=1S/C26H33N5O3S/c1-13-9-21(28-14(2)15-3-4-15)27-12-20(13)23-22(26(34)31-17-5-6-18(31)8-7-17)30-25(35-23)24(33)29-16-10-19(32)11-16/h9,12,14-19,32H,3-8,10-11H2,1-2H3,(H,27,28)(H,29,33)/t14-,16-,17?,18?,19-/m1/s1. The van der Waals surface area contributed by atoms with Gasteiger partial charge in [-0.25, -0.2) is 9.97 Å². The second kappa shape index (κ2) is 8.85. The van der Waals surface area contributed by atoms with Crippen LogP contribution < -0.4 is 10.6 Å². The number of rotatable bonds is 7. The maximum atomic E-state index is 13.7. The highest BCUT2D eigenvalue weighted by molar-refractivity contribution is 7.17. The molecule has 2 saturated heterocycles. The van der Waals surface area contributed by atoms with E-state index in [-0.39, 0.29) is 36.0 Å². The normalized spacial score (nSPS) is 28.0. The summed E-state index contributed by atoms with van der Waals surface area (Å²) >= 11 is 1.26. The number of hydrogen-bond acceptors (Lipinski definition) is 7. The van der Waals surface area contributed by atoms with Gasteiger partial charge in [0.05, 0.1) is 11.0 Å². The molecule has 2 aromatic heterocycles. The van der Waals surface area contributed by atoms with Crippen LogP contribution in [0.5, 0.6) is 0 Å². The van der Waals surface area contributed by atoms with Crippen molar-refractivity contribution in [1.82, 2.24) is 20.2 Å². The molecule has 4 fully saturated rings. The van der Waals surface area contributed by atoms with Crippen molar-refractivity contribution in [3.05, 3.63) is 28.5 Å². The minimum Gasteiger partial charge on any atom is -0.393 e. The summed E-state index contributed by atoms with van der Waals surface area (Å²) in [5.41, 5.74) is 2.21. The number of fused-ring (bicyclic) bond motifs is 2. The number of aliphatic hydroxyl groups is 1. The molecule has 35 heavy (non-hydrogen) atoms. The van der Waals surface area contributed by atoms with Gasteiger partial charge in [0.1, 0.15) is 11.5 Å². The first kappa shape index (κ1) is 22.9. The topological polar surface area (TPSA) is 107 Å². The number of thiazole rings is 1. The van der Waals surface area contributed by atoms with Crippen molar-refractivity contribution in [1.29, 1.82) is 0 Å². The molecule has 186 valence electrons. The van der Waals surface area contributed by atoms with Crippen molar-refractivity contribution < 1.29 is 14.7 Å². The third-order valence-electron chi connectivity index (χ3n) is 8.22. The van der Waals surface area contributed by atoms with Crippen LogP contribution in [0.3, 0.4) is 0 Å². The summed E-state index contributed by atoms with van der Waals surface area (Å²) in [6.07, 6.45) is 9.30. The number of nitrogens with one attached hydrogen (secondary N) is 2. The van der Waals surface area contributed by atoms with Crippen molar-refractivity contribution >= 4 is 29.0 Å². The molecule has 4 heterocycles. The molecule has 2 aliphatic heterocycles. The predicted molar refractivity (Wildman–Crippen MR) is 135 cm³/mol. The number of pyridine rings is 1. The van der Waals surface area contributed by atoms with Crippen molar-refractivity contribution in [2.45, 2.75) is 95.5 Å². The Hall–Kier alpha value is -2.52. The van der Waals surface area contributed by atoms with E-state index in [1.807, 2.05) is 24.1 Å². The third-order valence-corrected chi connectivity index (χ3v) is 9.31. The average molecular weight is 496 g/mol. The van der Waals surface area contributed by atoms with E-state index in [1.165, 1.54) is 24.2 Å². The molecule has 6 rings (SSSR count). The Morgan fingerprint density at radius 2 is 1.83 bits per heavy atom. The summed E-state index contributed by atoms with van der Waals surface area (Å²) in [5, 5.41) is 16.3. The molecule has 9 heteroatoms. The van der Waals surface area contributed by atoms with E-state index >= 15 is 0 Å². The molecule has 0 radical (unpaired) electrons. The number of aliphatic hydroxyl groups excluding tert-OH is 1. The number of carbonyl (C=O) groups excluding carboxylic acids is 2. The molecule has 2 aromatic rings. The Kier molecular flexibility index (Phi) is 5.79. The van der Waals surface area contributed by atoms with Crippen molar-refractivity contribution in [3.63, 3.8) is 0 Å². The lowest BCUT2D eigenvalue weighted by molar-refractivity contribution is 0.0562. The van der Waals surface area contributed by atoms with Crippen LogP contribution in [0.1, 0.15) is 84.1 Å². The predicted octanol–water partition coefficient (Wildman–Crippen LogP) is 3.74. The summed E-state index contributed by atoms with van der Waals surface area (Å²) in [7, 11) is 0. The van der Waals surface area contributed by atoms with Gasteiger partial charge in [0.25, 0.3) is 11.8 Å². The minimum absolute atomic E-state index is 0.0411. The number of nitrogens with zero attached hydrogens (tertiary/aromatic N) is 3. The van der Waals surface area contributed by atoms with Gasteiger partial charge in [-0.05, 0) is 82.8 Å². The van der Waals surface area contributed by atoms with Crippen LogP contribution in [0.4, 0.5) is 5.82 Å². The number of carbonyl (C=O) groups is 2. The Bertz CT molecular complexity index is 1140. The Balaban J connectivity index is 1.31. The van der Waals surface area contributed by atoms with Crippen LogP contribution in [0.2, 0.25) is 0 Å². The fraction of sp³-hybridized carbons (Fsp3) is 0.615. The third kappa shape index (κ3) is 4.33. The monoisotopic (exact) mass is 495 g/mol. The van der Waals surface area contributed by atoms with E-state index in [4.69, 9.17) is 0 Å². The average Bonchev–Trinajstić information content (AvgIpc) is 3.29. The van der Waals surface area contributed by atoms with Crippen LogP contribution in [0.25, 0.3) is 10.4 Å². The lowest BCUT2D eigenvalue weighted by Gasteiger charge is -2.31. The van der Waals surface area contributed by atoms with E-state index < -0.39 is 0 Å². The van der Waals surface area contributed by atoms with Gasteiger partial charge in [-0.1, -0.05) is 0 Å². The molecule has 2 bridgehead atoms. The zero-order valence-electron chi connectivity index (χ0n) is 20.3. The zero-order chi connectivity index (χ0) is 24.3. The molecule has 2 aliphatic carbocycles. The maximum absolute atomic E-state index is 13.7. The SMILES string of the molecule is Cc1cc(N[C@H](C)C2CC2)ncc1-c1sc(C(=O)N[C@H]2C[C@H](O)C2)nc1C(=O)N1C2CCC1CC2. The second-order valence-corrected chi connectivity index (χ2v) is 11.8. The fourth-order valence-corrected chi connectivity index (χ4v) is 6.92. The molecule has 4 aliphatic rings. The summed E-state index contributed by atoms with van der Waals surface area (Å²) in [6.45, 7) is 4.21. The van der Waals surface area contributed by atoms with E-state index in [0.29, 0.717) is 34.5 Å². The molecule has 2 saturated carbocycles. The van der Waals surface area contributed by atoms with Crippen molar-refractivity contribution in [3.8, 4) is 10.4 Å². The number of anilines is 1. The highest BCUT2D eigenvalue weighted by atomic mass is 32.1.